The van der Waals surface area contributed by atoms with Crippen LogP contribution in [0.5, 0.6) is 0 Å². The number of benzene rings is 1. The number of imidazole rings is 1. The molecule has 3 aliphatic rings. The van der Waals surface area contributed by atoms with Crippen molar-refractivity contribution in [3.8, 4) is 0 Å². The van der Waals surface area contributed by atoms with E-state index >= 15 is 0 Å². The Bertz CT molecular complexity index is 1290. The summed E-state index contributed by atoms with van der Waals surface area (Å²) in [6.07, 6.45) is 12.6. The molecule has 0 bridgehead atoms. The van der Waals surface area contributed by atoms with Gasteiger partial charge in [0.15, 0.2) is 17.0 Å². The number of likely N-dealkylation sites (tertiary alicyclic amines) is 1. The second-order valence-corrected chi connectivity index (χ2v) is 11.6. The summed E-state index contributed by atoms with van der Waals surface area (Å²) in [5.74, 6) is 1.45. The van der Waals surface area contributed by atoms with Crippen LogP contribution in [0.2, 0.25) is 0 Å². The molecule has 0 unspecified atom stereocenters. The number of carbonyl (C=O) groups excluding carboxylic acids is 1. The molecule has 0 atom stereocenters. The number of nitrogens with zero attached hydrogens (tertiary/aromatic N) is 5. The summed E-state index contributed by atoms with van der Waals surface area (Å²) < 4.78 is 2.26. The number of hydrogen-bond acceptors (Lipinski definition) is 7. The number of nitrogens with two attached hydrogens (primary N) is 1. The van der Waals surface area contributed by atoms with Gasteiger partial charge in [0.2, 0.25) is 5.95 Å². The van der Waals surface area contributed by atoms with Crippen molar-refractivity contribution < 1.29 is 4.79 Å². The summed E-state index contributed by atoms with van der Waals surface area (Å²) in [6.45, 7) is 3.40. The van der Waals surface area contributed by atoms with Crippen molar-refractivity contribution in [2.45, 2.75) is 95.3 Å². The highest BCUT2D eigenvalue weighted by molar-refractivity contribution is 5.89. The fraction of sp³-hybridized carbons (Fsp3) is 0.586. The number of fused-ring (bicyclic) bond motifs is 1. The SMILES string of the molecule is Cc1cccc(NC(=O)N2CCC(Nc3nc(NC4CCC(N)CC4)nc4c3ncn4C3CCCC3)CC2)c1. The topological polar surface area (TPSA) is 126 Å². The zero-order valence-corrected chi connectivity index (χ0v) is 22.9. The van der Waals surface area contributed by atoms with Gasteiger partial charge in [-0.1, -0.05) is 25.0 Å². The third-order valence-corrected chi connectivity index (χ3v) is 8.64. The fourth-order valence-corrected chi connectivity index (χ4v) is 6.32. The average molecular weight is 532 g/mol. The summed E-state index contributed by atoms with van der Waals surface area (Å²) in [5.41, 5.74) is 9.83. The quantitative estimate of drug-likeness (QED) is 0.351. The molecule has 10 nitrogen and oxygen atoms in total. The minimum absolute atomic E-state index is 0.0440. The number of carbonyl (C=O) groups is 1. The van der Waals surface area contributed by atoms with Crippen LogP contribution < -0.4 is 21.7 Å². The molecule has 3 heterocycles. The normalized spacial score (nSPS) is 22.8. The number of hydrogen-bond donors (Lipinski definition) is 4. The summed E-state index contributed by atoms with van der Waals surface area (Å²) in [7, 11) is 0. The Morgan fingerprint density at radius 1 is 0.949 bits per heavy atom. The third-order valence-electron chi connectivity index (χ3n) is 8.64. The van der Waals surface area contributed by atoms with Gasteiger partial charge in [0, 0.05) is 42.9 Å². The lowest BCUT2D eigenvalue weighted by Crippen LogP contribution is -2.44. The molecule has 10 heteroatoms. The zero-order valence-electron chi connectivity index (χ0n) is 22.9. The summed E-state index contributed by atoms with van der Waals surface area (Å²) in [6, 6.07) is 9.17. The smallest absolute Gasteiger partial charge is 0.321 e. The standard InChI is InChI=1S/C29H41N9O/c1-19-5-4-6-23(17-19)34-29(39)37-15-13-22(14-16-37)32-26-25-27(38(18-31-25)24-7-2-3-8-24)36-28(35-26)33-21-11-9-20(30)10-12-21/h4-6,17-18,20-22,24H,2-3,7-16,30H2,1H3,(H,34,39)(H2,32,33,35,36). The van der Waals surface area contributed by atoms with E-state index < -0.39 is 0 Å². The van der Waals surface area contributed by atoms with E-state index in [1.165, 1.54) is 25.7 Å². The van der Waals surface area contributed by atoms with E-state index in [1.54, 1.807) is 0 Å². The number of nitrogens with one attached hydrogen (secondary N) is 3. The number of urea groups is 1. The third kappa shape index (κ3) is 5.95. The maximum absolute atomic E-state index is 12.8. The van der Waals surface area contributed by atoms with E-state index in [1.807, 2.05) is 42.4 Å². The number of aryl methyl sites for hydroxylation is 1. The molecule has 2 saturated carbocycles. The van der Waals surface area contributed by atoms with Crippen LogP contribution in [0.25, 0.3) is 11.2 Å². The average Bonchev–Trinajstić information content (AvgIpc) is 3.61. The largest absolute Gasteiger partial charge is 0.365 e. The first-order valence-electron chi connectivity index (χ1n) is 14.7. The van der Waals surface area contributed by atoms with Gasteiger partial charge in [0.25, 0.3) is 0 Å². The van der Waals surface area contributed by atoms with Crippen LogP contribution in [-0.2, 0) is 0 Å². The first kappa shape index (κ1) is 25.9. The van der Waals surface area contributed by atoms with E-state index in [9.17, 15) is 4.79 Å². The van der Waals surface area contributed by atoms with Gasteiger partial charge in [-0.2, -0.15) is 9.97 Å². The summed E-state index contributed by atoms with van der Waals surface area (Å²) in [5, 5.41) is 10.3. The highest BCUT2D eigenvalue weighted by Gasteiger charge is 2.27. The maximum atomic E-state index is 12.8. The second-order valence-electron chi connectivity index (χ2n) is 11.6. The lowest BCUT2D eigenvalue weighted by molar-refractivity contribution is 0.197. The van der Waals surface area contributed by atoms with Crippen molar-refractivity contribution in [3.05, 3.63) is 36.2 Å². The Balaban J connectivity index is 1.16. The second kappa shape index (κ2) is 11.4. The summed E-state index contributed by atoms with van der Waals surface area (Å²) in [4.78, 5) is 29.4. The summed E-state index contributed by atoms with van der Waals surface area (Å²) >= 11 is 0. The van der Waals surface area contributed by atoms with Crippen LogP contribution in [0.15, 0.2) is 30.6 Å². The molecule has 0 spiro atoms. The van der Waals surface area contributed by atoms with Crippen molar-refractivity contribution in [2.75, 3.05) is 29.0 Å². The van der Waals surface area contributed by atoms with Gasteiger partial charge in [-0.3, -0.25) is 0 Å². The maximum Gasteiger partial charge on any atom is 0.321 e. The Hall–Kier alpha value is -3.40. The molecule has 2 aromatic heterocycles. The zero-order chi connectivity index (χ0) is 26.8. The van der Waals surface area contributed by atoms with E-state index in [-0.39, 0.29) is 12.1 Å². The number of anilines is 3. The molecule has 5 N–H and O–H groups in total. The Morgan fingerprint density at radius 3 is 2.44 bits per heavy atom. The van der Waals surface area contributed by atoms with Crippen LogP contribution in [0.1, 0.15) is 75.8 Å². The molecule has 3 aromatic rings. The molecule has 1 saturated heterocycles. The minimum atomic E-state index is -0.0440. The van der Waals surface area contributed by atoms with Crippen LogP contribution in [0.4, 0.5) is 22.2 Å². The van der Waals surface area contributed by atoms with Gasteiger partial charge in [0.05, 0.1) is 6.33 Å². The number of aromatic nitrogens is 4. The van der Waals surface area contributed by atoms with E-state index in [2.05, 4.69) is 20.5 Å². The lowest BCUT2D eigenvalue weighted by atomic mass is 9.92. The van der Waals surface area contributed by atoms with E-state index in [4.69, 9.17) is 20.7 Å². The molecule has 2 amide bonds. The van der Waals surface area contributed by atoms with Gasteiger partial charge < -0.3 is 31.2 Å². The van der Waals surface area contributed by atoms with Crippen LogP contribution in [0, 0.1) is 6.92 Å². The Labute approximate surface area is 230 Å². The molecular weight excluding hydrogens is 490 g/mol. The van der Waals surface area contributed by atoms with Crippen molar-refractivity contribution in [1.82, 2.24) is 24.4 Å². The number of piperidine rings is 1. The first-order chi connectivity index (χ1) is 19.0. The van der Waals surface area contributed by atoms with Crippen molar-refractivity contribution in [3.63, 3.8) is 0 Å². The molecular formula is C29H41N9O. The lowest BCUT2D eigenvalue weighted by Gasteiger charge is -2.32. The first-order valence-corrected chi connectivity index (χ1v) is 14.7. The number of rotatable bonds is 6. The molecule has 2 aliphatic carbocycles. The van der Waals surface area contributed by atoms with Gasteiger partial charge in [-0.05, 0) is 76.0 Å². The van der Waals surface area contributed by atoms with Gasteiger partial charge in [-0.15, -0.1) is 0 Å². The Morgan fingerprint density at radius 2 is 1.69 bits per heavy atom. The molecule has 39 heavy (non-hydrogen) atoms. The predicted molar refractivity (Wildman–Crippen MR) is 155 cm³/mol. The highest BCUT2D eigenvalue weighted by atomic mass is 16.2. The molecule has 6 rings (SSSR count). The molecule has 1 aliphatic heterocycles. The van der Waals surface area contributed by atoms with Gasteiger partial charge >= 0.3 is 6.03 Å². The number of amides is 2. The van der Waals surface area contributed by atoms with E-state index in [0.29, 0.717) is 37.2 Å². The van der Waals surface area contributed by atoms with Crippen molar-refractivity contribution >= 4 is 34.6 Å². The van der Waals surface area contributed by atoms with Gasteiger partial charge in [-0.25, -0.2) is 9.78 Å². The van der Waals surface area contributed by atoms with Crippen molar-refractivity contribution in [1.29, 1.82) is 0 Å². The van der Waals surface area contributed by atoms with Crippen LogP contribution >= 0.6 is 0 Å². The highest BCUT2D eigenvalue weighted by Crippen LogP contribution is 2.34. The predicted octanol–water partition coefficient (Wildman–Crippen LogP) is 5.04. The van der Waals surface area contributed by atoms with Crippen LogP contribution in [-0.4, -0.2) is 61.7 Å². The Kier molecular flexibility index (Phi) is 7.54. The molecule has 3 fully saturated rings. The monoisotopic (exact) mass is 531 g/mol. The fourth-order valence-electron chi connectivity index (χ4n) is 6.32. The minimum Gasteiger partial charge on any atom is -0.365 e. The molecule has 208 valence electrons. The van der Waals surface area contributed by atoms with Crippen molar-refractivity contribution in [2.24, 2.45) is 5.73 Å². The van der Waals surface area contributed by atoms with E-state index in [0.717, 1.165) is 66.8 Å². The van der Waals surface area contributed by atoms with Crippen LogP contribution in [0.3, 0.4) is 0 Å². The molecule has 1 aromatic carbocycles. The van der Waals surface area contributed by atoms with Gasteiger partial charge in [0.1, 0.15) is 0 Å². The molecule has 0 radical (unpaired) electrons.